The molecule has 0 saturated heterocycles. The van der Waals surface area contributed by atoms with E-state index < -0.39 is 0 Å². The summed E-state index contributed by atoms with van der Waals surface area (Å²) >= 11 is 0. The number of nitrogens with zero attached hydrogens (tertiary/aromatic N) is 2. The first-order chi connectivity index (χ1) is 10.5. The zero-order valence-corrected chi connectivity index (χ0v) is 13.2. The van der Waals surface area contributed by atoms with E-state index in [1.54, 1.807) is 6.08 Å². The number of aliphatic hydroxyl groups excluding tert-OH is 1. The van der Waals surface area contributed by atoms with E-state index >= 15 is 0 Å². The van der Waals surface area contributed by atoms with Gasteiger partial charge in [-0.2, -0.15) is 4.79 Å². The molecule has 4 aliphatic carbocycles. The summed E-state index contributed by atoms with van der Waals surface area (Å²) in [6.07, 6.45) is 8.65. The Morgan fingerprint density at radius 2 is 2.09 bits per heavy atom. The van der Waals surface area contributed by atoms with Gasteiger partial charge in [0, 0.05) is 0 Å². The molecular weight excluding hydrogens is 276 g/mol. The zero-order chi connectivity index (χ0) is 15.5. The van der Waals surface area contributed by atoms with Gasteiger partial charge in [-0.1, -0.05) is 12.5 Å². The lowest BCUT2D eigenvalue weighted by Crippen LogP contribution is -2.48. The molecule has 3 saturated carbocycles. The lowest BCUT2D eigenvalue weighted by Gasteiger charge is -2.52. The predicted octanol–water partition coefficient (Wildman–Crippen LogP) is 2.77. The minimum atomic E-state index is -0.141. The second kappa shape index (κ2) is 4.87. The zero-order valence-electron chi connectivity index (χ0n) is 13.2. The lowest BCUT2D eigenvalue weighted by molar-refractivity contribution is -0.114. The largest absolute Gasteiger partial charge is 0.393 e. The van der Waals surface area contributed by atoms with E-state index in [-0.39, 0.29) is 17.3 Å². The number of fused-ring (bicyclic) bond motifs is 5. The van der Waals surface area contributed by atoms with Crippen molar-refractivity contribution in [3.8, 4) is 0 Å². The van der Waals surface area contributed by atoms with Crippen LogP contribution in [-0.2, 0) is 4.79 Å². The van der Waals surface area contributed by atoms with Gasteiger partial charge in [0.05, 0.1) is 12.5 Å². The maximum Gasteiger partial charge on any atom is 0.339 e. The highest BCUT2D eigenvalue weighted by atomic mass is 16.3. The monoisotopic (exact) mass is 300 g/mol. The van der Waals surface area contributed by atoms with Crippen molar-refractivity contribution in [3.05, 3.63) is 17.2 Å². The van der Waals surface area contributed by atoms with E-state index in [9.17, 15) is 9.90 Å². The number of rotatable bonds is 0. The highest BCUT2D eigenvalue weighted by Crippen LogP contribution is 2.61. The highest BCUT2D eigenvalue weighted by molar-refractivity contribution is 6.42. The van der Waals surface area contributed by atoms with Crippen LogP contribution in [-0.4, -0.2) is 27.5 Å². The second-order valence-electron chi connectivity index (χ2n) is 8.05. The molecule has 0 radical (unpaired) electrons. The van der Waals surface area contributed by atoms with Crippen LogP contribution in [0.4, 0.5) is 0 Å². The number of allylic oxidation sites excluding steroid dienone is 1. The Labute approximate surface area is 131 Å². The molecule has 0 aromatic carbocycles. The first-order valence-corrected chi connectivity index (χ1v) is 8.68. The molecule has 0 aromatic rings. The van der Waals surface area contributed by atoms with Gasteiger partial charge in [0.15, 0.2) is 0 Å². The van der Waals surface area contributed by atoms with Gasteiger partial charge in [0.1, 0.15) is 0 Å². The normalized spacial score (nSPS) is 47.2. The molecule has 3 fully saturated rings. The second-order valence-corrected chi connectivity index (χ2v) is 8.05. The summed E-state index contributed by atoms with van der Waals surface area (Å²) in [4.78, 5) is 15.1. The molecule has 0 bridgehead atoms. The maximum absolute atomic E-state index is 11.9. The molecule has 0 aromatic heterocycles. The molecule has 118 valence electrons. The molecule has 0 amide bonds. The minimum absolute atomic E-state index is 0.0980. The van der Waals surface area contributed by atoms with Crippen molar-refractivity contribution in [1.82, 2.24) is 0 Å². The van der Waals surface area contributed by atoms with Crippen LogP contribution in [0.2, 0.25) is 0 Å². The standard InChI is InChI=1S/C18H24N2O2/c1-18-7-6-11-12(14(18)4-5-17(18)22)3-2-10-8-16(21)15(20-19)9-13(10)11/h8,11-14,17,22H,2-7,9H2,1H3/t11-,12+,13-,14-,17-,18-/m0/s1. The Hall–Kier alpha value is -1.25. The van der Waals surface area contributed by atoms with Gasteiger partial charge in [-0.3, -0.25) is 4.79 Å². The molecule has 4 aliphatic rings. The number of carbonyl (C=O) groups is 1. The van der Waals surface area contributed by atoms with Crippen LogP contribution in [0, 0.1) is 29.1 Å². The molecule has 0 aliphatic heterocycles. The van der Waals surface area contributed by atoms with E-state index in [0.717, 1.165) is 38.5 Å². The average molecular weight is 300 g/mol. The number of ketones is 1. The Balaban J connectivity index is 1.66. The van der Waals surface area contributed by atoms with Crippen LogP contribution < -0.4 is 0 Å². The van der Waals surface area contributed by atoms with Crippen LogP contribution >= 0.6 is 0 Å². The third kappa shape index (κ3) is 1.83. The molecule has 0 unspecified atom stereocenters. The van der Waals surface area contributed by atoms with Crippen molar-refractivity contribution in [3.63, 3.8) is 0 Å². The Bertz CT molecular complexity index is 604. The summed E-state index contributed by atoms with van der Waals surface area (Å²) in [7, 11) is 0. The lowest BCUT2D eigenvalue weighted by atomic mass is 9.52. The SMILES string of the molecule is C[C@]12CC[C@H]3[C@@H](CCC4=CC(=O)C(=[N+]=[N-])C[C@@H]43)[C@@H]1CC[C@@H]2O. The summed E-state index contributed by atoms with van der Waals surface area (Å²) in [6.45, 7) is 2.28. The number of aliphatic hydroxyl groups is 1. The van der Waals surface area contributed by atoms with E-state index in [2.05, 4.69) is 11.7 Å². The van der Waals surface area contributed by atoms with Crippen LogP contribution in [0.25, 0.3) is 5.53 Å². The summed E-state index contributed by atoms with van der Waals surface area (Å²) in [5, 5.41) is 10.4. The Morgan fingerprint density at radius 3 is 2.86 bits per heavy atom. The van der Waals surface area contributed by atoms with Crippen LogP contribution in [0.5, 0.6) is 0 Å². The fourth-order valence-electron chi connectivity index (χ4n) is 6.11. The van der Waals surface area contributed by atoms with Crippen molar-refractivity contribution in [2.24, 2.45) is 29.1 Å². The van der Waals surface area contributed by atoms with Gasteiger partial charge >= 0.3 is 5.71 Å². The van der Waals surface area contributed by atoms with Gasteiger partial charge in [-0.15, -0.1) is 0 Å². The quantitative estimate of drug-likeness (QED) is 0.552. The molecular formula is C18H24N2O2. The first-order valence-electron chi connectivity index (χ1n) is 8.68. The molecule has 0 spiro atoms. The molecule has 22 heavy (non-hydrogen) atoms. The summed E-state index contributed by atoms with van der Waals surface area (Å²) in [5.41, 5.74) is 10.8. The Kier molecular flexibility index (Phi) is 3.18. The van der Waals surface area contributed by atoms with Crippen LogP contribution in [0.1, 0.15) is 51.9 Å². The van der Waals surface area contributed by atoms with Crippen LogP contribution in [0.3, 0.4) is 0 Å². The maximum atomic E-state index is 11.9. The predicted molar refractivity (Wildman–Crippen MR) is 82.1 cm³/mol. The Morgan fingerprint density at radius 1 is 1.27 bits per heavy atom. The van der Waals surface area contributed by atoms with Gasteiger partial charge in [-0.25, -0.2) is 0 Å². The van der Waals surface area contributed by atoms with Crippen molar-refractivity contribution in [1.29, 1.82) is 0 Å². The van der Waals surface area contributed by atoms with Gasteiger partial charge < -0.3 is 10.6 Å². The topological polar surface area (TPSA) is 73.7 Å². The summed E-state index contributed by atoms with van der Waals surface area (Å²) in [5.74, 6) is 2.14. The molecule has 6 atom stereocenters. The minimum Gasteiger partial charge on any atom is -0.393 e. The fourth-order valence-corrected chi connectivity index (χ4v) is 6.11. The van der Waals surface area contributed by atoms with E-state index in [1.807, 2.05) is 0 Å². The summed E-state index contributed by atoms with van der Waals surface area (Å²) in [6, 6.07) is 0. The number of hydrogen-bond donors (Lipinski definition) is 1. The molecule has 1 N–H and O–H groups in total. The van der Waals surface area contributed by atoms with Crippen molar-refractivity contribution in [2.45, 2.75) is 58.0 Å². The third-order valence-electron chi connectivity index (χ3n) is 7.34. The van der Waals surface area contributed by atoms with Crippen molar-refractivity contribution in [2.75, 3.05) is 0 Å². The average Bonchev–Trinajstić information content (AvgIpc) is 2.82. The van der Waals surface area contributed by atoms with Crippen molar-refractivity contribution < 1.29 is 14.7 Å². The fraction of sp³-hybridized carbons (Fsp3) is 0.778. The smallest absolute Gasteiger partial charge is 0.339 e. The molecule has 4 heteroatoms. The highest BCUT2D eigenvalue weighted by Gasteiger charge is 2.56. The van der Waals surface area contributed by atoms with Crippen molar-refractivity contribution >= 4 is 11.5 Å². The summed E-state index contributed by atoms with van der Waals surface area (Å²) < 4.78 is 0. The number of carbonyl (C=O) groups excluding carboxylic acids is 1. The van der Waals surface area contributed by atoms with Gasteiger partial charge in [0.25, 0.3) is 5.78 Å². The van der Waals surface area contributed by atoms with E-state index in [1.165, 1.54) is 5.57 Å². The van der Waals surface area contributed by atoms with E-state index in [4.69, 9.17) is 5.53 Å². The first kappa shape index (κ1) is 14.3. The molecule has 4 rings (SSSR count). The number of hydrogen-bond acceptors (Lipinski definition) is 2. The van der Waals surface area contributed by atoms with Crippen LogP contribution in [0.15, 0.2) is 11.6 Å². The molecule has 0 heterocycles. The molecule has 4 nitrogen and oxygen atoms in total. The van der Waals surface area contributed by atoms with Gasteiger partial charge in [0.2, 0.25) is 0 Å². The third-order valence-corrected chi connectivity index (χ3v) is 7.34. The van der Waals surface area contributed by atoms with E-state index in [0.29, 0.717) is 35.8 Å². The van der Waals surface area contributed by atoms with Gasteiger partial charge in [-0.05, 0) is 73.7 Å².